The van der Waals surface area contributed by atoms with Crippen molar-refractivity contribution in [2.24, 2.45) is 0 Å². The van der Waals surface area contributed by atoms with Gasteiger partial charge >= 0.3 is 0 Å². The molecule has 4 heteroatoms. The predicted molar refractivity (Wildman–Crippen MR) is 76.6 cm³/mol. The Balaban J connectivity index is 2.53. The van der Waals surface area contributed by atoms with Crippen LogP contribution in [0, 0.1) is 0 Å². The van der Waals surface area contributed by atoms with Crippen molar-refractivity contribution in [2.75, 3.05) is 13.1 Å². The first-order valence-electron chi connectivity index (χ1n) is 6.75. The van der Waals surface area contributed by atoms with E-state index in [1.165, 1.54) is 0 Å². The number of benzene rings is 1. The Kier molecular flexibility index (Phi) is 6.53. The third kappa shape index (κ3) is 5.85. The maximum atomic E-state index is 11.7. The molecule has 0 radical (unpaired) electrons. The first kappa shape index (κ1) is 15.7. The summed E-state index contributed by atoms with van der Waals surface area (Å²) in [5.74, 6) is 0.0591. The monoisotopic (exact) mass is 264 g/mol. The lowest BCUT2D eigenvalue weighted by atomic mass is 10.1. The lowest BCUT2D eigenvalue weighted by molar-refractivity contribution is -0.122. The molecule has 1 rings (SSSR count). The lowest BCUT2D eigenvalue weighted by Gasteiger charge is -2.20. The molecular formula is C15H24N2O2. The molecule has 0 fully saturated rings. The van der Waals surface area contributed by atoms with Gasteiger partial charge in [0.15, 0.2) is 0 Å². The van der Waals surface area contributed by atoms with Crippen molar-refractivity contribution < 1.29 is 9.90 Å². The number of rotatable bonds is 7. The Morgan fingerprint density at radius 1 is 1.26 bits per heavy atom. The van der Waals surface area contributed by atoms with Crippen molar-refractivity contribution in [3.63, 3.8) is 0 Å². The first-order chi connectivity index (χ1) is 9.05. The molecule has 0 aliphatic carbocycles. The van der Waals surface area contributed by atoms with Crippen LogP contribution < -0.4 is 5.32 Å². The van der Waals surface area contributed by atoms with Gasteiger partial charge in [-0.25, -0.2) is 0 Å². The van der Waals surface area contributed by atoms with E-state index in [4.69, 9.17) is 5.11 Å². The van der Waals surface area contributed by atoms with Crippen LogP contribution in [0.2, 0.25) is 0 Å². The lowest BCUT2D eigenvalue weighted by Crippen LogP contribution is -2.39. The molecule has 1 amide bonds. The van der Waals surface area contributed by atoms with Crippen LogP contribution in [0.15, 0.2) is 24.3 Å². The summed E-state index contributed by atoms with van der Waals surface area (Å²) in [5, 5.41) is 11.9. The van der Waals surface area contributed by atoms with Gasteiger partial charge in [-0.15, -0.1) is 0 Å². The van der Waals surface area contributed by atoms with Gasteiger partial charge in [0.2, 0.25) is 5.91 Å². The highest BCUT2D eigenvalue weighted by Gasteiger charge is 2.10. The van der Waals surface area contributed by atoms with Gasteiger partial charge in [-0.3, -0.25) is 9.69 Å². The first-order valence-corrected chi connectivity index (χ1v) is 6.75. The molecule has 0 spiro atoms. The number of aliphatic hydroxyl groups is 1. The van der Waals surface area contributed by atoms with Gasteiger partial charge in [0.25, 0.3) is 0 Å². The molecule has 0 aromatic heterocycles. The quantitative estimate of drug-likeness (QED) is 0.785. The molecule has 106 valence electrons. The molecule has 0 saturated carbocycles. The number of hydrogen-bond acceptors (Lipinski definition) is 3. The molecule has 0 aliphatic heterocycles. The Bertz CT molecular complexity index is 388. The molecule has 19 heavy (non-hydrogen) atoms. The zero-order valence-corrected chi connectivity index (χ0v) is 12.0. The average molecular weight is 264 g/mol. The van der Waals surface area contributed by atoms with Crippen LogP contribution in [0.25, 0.3) is 0 Å². The second-order valence-corrected chi connectivity index (χ2v) is 5.00. The minimum absolute atomic E-state index is 0.0591. The number of nitrogens with one attached hydrogen (secondary N) is 1. The topological polar surface area (TPSA) is 52.6 Å². The summed E-state index contributed by atoms with van der Waals surface area (Å²) >= 11 is 0. The second-order valence-electron chi connectivity index (χ2n) is 5.00. The number of amides is 1. The van der Waals surface area contributed by atoms with E-state index in [0.29, 0.717) is 6.54 Å². The van der Waals surface area contributed by atoms with Gasteiger partial charge in [-0.05, 0) is 31.5 Å². The van der Waals surface area contributed by atoms with E-state index in [9.17, 15) is 4.79 Å². The fraction of sp³-hybridized carbons (Fsp3) is 0.533. The van der Waals surface area contributed by atoms with Crippen molar-refractivity contribution in [3.8, 4) is 0 Å². The number of hydrogen-bond donors (Lipinski definition) is 2. The zero-order valence-electron chi connectivity index (χ0n) is 12.0. The van der Waals surface area contributed by atoms with E-state index in [1.807, 2.05) is 45.0 Å². The van der Waals surface area contributed by atoms with Gasteiger partial charge in [-0.2, -0.15) is 0 Å². The minimum Gasteiger partial charge on any atom is -0.392 e. The van der Waals surface area contributed by atoms with Gasteiger partial charge in [0.1, 0.15) is 0 Å². The van der Waals surface area contributed by atoms with Crippen LogP contribution >= 0.6 is 0 Å². The molecule has 0 bridgehead atoms. The molecule has 1 aromatic carbocycles. The van der Waals surface area contributed by atoms with Gasteiger partial charge in [-0.1, -0.05) is 31.2 Å². The molecule has 4 nitrogen and oxygen atoms in total. The van der Waals surface area contributed by atoms with Crippen molar-refractivity contribution >= 4 is 5.91 Å². The van der Waals surface area contributed by atoms with Crippen molar-refractivity contribution in [1.29, 1.82) is 0 Å². The fourth-order valence-corrected chi connectivity index (χ4v) is 1.86. The van der Waals surface area contributed by atoms with Gasteiger partial charge < -0.3 is 10.4 Å². The molecule has 0 heterocycles. The predicted octanol–water partition coefficient (Wildman–Crippen LogP) is 1.53. The van der Waals surface area contributed by atoms with E-state index in [2.05, 4.69) is 10.2 Å². The third-order valence-corrected chi connectivity index (χ3v) is 2.88. The van der Waals surface area contributed by atoms with E-state index >= 15 is 0 Å². The highest BCUT2D eigenvalue weighted by atomic mass is 16.3. The highest BCUT2D eigenvalue weighted by molar-refractivity contribution is 5.78. The smallest absolute Gasteiger partial charge is 0.234 e. The maximum Gasteiger partial charge on any atom is 0.234 e. The molecule has 0 atom stereocenters. The molecule has 2 N–H and O–H groups in total. The Labute approximate surface area is 115 Å². The summed E-state index contributed by atoms with van der Waals surface area (Å²) < 4.78 is 0. The number of carbonyl (C=O) groups is 1. The largest absolute Gasteiger partial charge is 0.392 e. The van der Waals surface area contributed by atoms with E-state index in [-0.39, 0.29) is 18.6 Å². The normalized spacial score (nSPS) is 11.1. The van der Waals surface area contributed by atoms with Crippen LogP contribution in [-0.4, -0.2) is 35.0 Å². The van der Waals surface area contributed by atoms with Crippen molar-refractivity contribution in [1.82, 2.24) is 10.2 Å². The summed E-state index contributed by atoms with van der Waals surface area (Å²) in [6, 6.07) is 7.99. The van der Waals surface area contributed by atoms with E-state index in [1.54, 1.807) is 0 Å². The highest BCUT2D eigenvalue weighted by Crippen LogP contribution is 2.07. The minimum atomic E-state index is 0.0591. The van der Waals surface area contributed by atoms with Gasteiger partial charge in [0, 0.05) is 12.6 Å². The SMILES string of the molecule is CCN(CC(=O)NC(C)C)Cc1ccc(CO)cc1. The van der Waals surface area contributed by atoms with Crippen LogP contribution in [0.5, 0.6) is 0 Å². The number of carbonyl (C=O) groups excluding carboxylic acids is 1. The average Bonchev–Trinajstić information content (AvgIpc) is 2.37. The van der Waals surface area contributed by atoms with Gasteiger partial charge in [0.05, 0.1) is 13.2 Å². The standard InChI is InChI=1S/C15H24N2O2/c1-4-17(10-15(19)16-12(2)3)9-13-5-7-14(11-18)8-6-13/h5-8,12,18H,4,9-11H2,1-3H3,(H,16,19). The number of likely N-dealkylation sites (N-methyl/N-ethyl adjacent to an activating group) is 1. The Morgan fingerprint density at radius 2 is 1.84 bits per heavy atom. The fourth-order valence-electron chi connectivity index (χ4n) is 1.86. The van der Waals surface area contributed by atoms with Crippen LogP contribution in [0.3, 0.4) is 0 Å². The maximum absolute atomic E-state index is 11.7. The summed E-state index contributed by atoms with van der Waals surface area (Å²) in [5.41, 5.74) is 2.06. The van der Waals surface area contributed by atoms with Crippen LogP contribution in [0.1, 0.15) is 31.9 Å². The molecule has 0 unspecified atom stereocenters. The van der Waals surface area contributed by atoms with E-state index < -0.39 is 0 Å². The molecule has 0 saturated heterocycles. The van der Waals surface area contributed by atoms with Crippen LogP contribution in [-0.2, 0) is 17.9 Å². The second kappa shape index (κ2) is 7.92. The van der Waals surface area contributed by atoms with Crippen LogP contribution in [0.4, 0.5) is 0 Å². The molecular weight excluding hydrogens is 240 g/mol. The Morgan fingerprint density at radius 3 is 2.32 bits per heavy atom. The third-order valence-electron chi connectivity index (χ3n) is 2.88. The number of aliphatic hydroxyl groups excluding tert-OH is 1. The zero-order chi connectivity index (χ0) is 14.3. The Hall–Kier alpha value is -1.39. The summed E-state index contributed by atoms with van der Waals surface area (Å²) in [6.07, 6.45) is 0. The summed E-state index contributed by atoms with van der Waals surface area (Å²) in [4.78, 5) is 13.8. The van der Waals surface area contributed by atoms with Crippen molar-refractivity contribution in [2.45, 2.75) is 40.0 Å². The molecule has 1 aromatic rings. The number of nitrogens with zero attached hydrogens (tertiary/aromatic N) is 1. The van der Waals surface area contributed by atoms with E-state index in [0.717, 1.165) is 24.2 Å². The van der Waals surface area contributed by atoms with Crippen molar-refractivity contribution in [3.05, 3.63) is 35.4 Å². The summed E-state index contributed by atoms with van der Waals surface area (Å²) in [7, 11) is 0. The summed E-state index contributed by atoms with van der Waals surface area (Å²) in [6.45, 7) is 8.01. The molecule has 0 aliphatic rings.